The van der Waals surface area contributed by atoms with Crippen LogP contribution in [-0.2, 0) is 5.88 Å². The summed E-state index contributed by atoms with van der Waals surface area (Å²) in [5.41, 5.74) is 2.18. The van der Waals surface area contributed by atoms with E-state index in [-0.39, 0.29) is 0 Å². The van der Waals surface area contributed by atoms with Crippen LogP contribution in [0.25, 0.3) is 0 Å². The second-order valence-electron chi connectivity index (χ2n) is 3.22. The molecule has 0 unspecified atom stereocenters. The van der Waals surface area contributed by atoms with Gasteiger partial charge in [-0.1, -0.05) is 19.9 Å². The molecule has 72 valence electrons. The van der Waals surface area contributed by atoms with E-state index in [0.29, 0.717) is 11.1 Å². The third-order valence-electron chi connectivity index (χ3n) is 1.57. The minimum absolute atomic E-state index is 0.544. The van der Waals surface area contributed by atoms with Gasteiger partial charge in [-0.05, 0) is 18.6 Å². The van der Waals surface area contributed by atoms with Gasteiger partial charge in [0, 0.05) is 10.9 Å². The first-order valence-electron chi connectivity index (χ1n) is 4.32. The number of alkyl halides is 1. The Balaban J connectivity index is 2.94. The van der Waals surface area contributed by atoms with Gasteiger partial charge in [0.2, 0.25) is 0 Å². The molecule has 0 N–H and O–H groups in total. The van der Waals surface area contributed by atoms with Gasteiger partial charge in [-0.3, -0.25) is 0 Å². The van der Waals surface area contributed by atoms with Crippen molar-refractivity contribution in [2.45, 2.75) is 36.9 Å². The molecule has 0 spiro atoms. The fraction of sp³-hybridized carbons (Fsp3) is 0.500. The Morgan fingerprint density at radius 1 is 1.46 bits per heavy atom. The number of rotatable bonds is 3. The van der Waals surface area contributed by atoms with Gasteiger partial charge >= 0.3 is 0 Å². The summed E-state index contributed by atoms with van der Waals surface area (Å²) in [4.78, 5) is 4.46. The van der Waals surface area contributed by atoms with E-state index < -0.39 is 0 Å². The van der Waals surface area contributed by atoms with Gasteiger partial charge in [-0.25, -0.2) is 4.98 Å². The van der Waals surface area contributed by atoms with E-state index in [9.17, 15) is 0 Å². The molecule has 0 aliphatic rings. The molecule has 0 aliphatic carbocycles. The van der Waals surface area contributed by atoms with Crippen LogP contribution in [0.2, 0.25) is 0 Å². The maximum Gasteiger partial charge on any atom is 0.101 e. The van der Waals surface area contributed by atoms with Crippen molar-refractivity contribution in [3.8, 4) is 0 Å². The number of thioether (sulfide) groups is 1. The molecule has 0 bridgehead atoms. The summed E-state index contributed by atoms with van der Waals surface area (Å²) in [5.74, 6) is 0.544. The summed E-state index contributed by atoms with van der Waals surface area (Å²) < 4.78 is 0. The van der Waals surface area contributed by atoms with Crippen molar-refractivity contribution >= 4 is 23.4 Å². The molecule has 0 fully saturated rings. The molecule has 1 aromatic heterocycles. The highest BCUT2D eigenvalue weighted by molar-refractivity contribution is 7.99. The molecule has 0 atom stereocenters. The highest BCUT2D eigenvalue weighted by Gasteiger charge is 2.06. The van der Waals surface area contributed by atoms with Crippen LogP contribution in [0.1, 0.15) is 25.1 Å². The Morgan fingerprint density at radius 3 is 2.69 bits per heavy atom. The molecular weight excluding hydrogens is 202 g/mol. The molecule has 0 aromatic carbocycles. The van der Waals surface area contributed by atoms with E-state index in [2.05, 4.69) is 24.9 Å². The van der Waals surface area contributed by atoms with Gasteiger partial charge in [-0.15, -0.1) is 23.4 Å². The van der Waals surface area contributed by atoms with Crippen LogP contribution in [0.3, 0.4) is 0 Å². The lowest BCUT2D eigenvalue weighted by Crippen LogP contribution is -1.95. The molecule has 1 nitrogen and oxygen atoms in total. The molecule has 13 heavy (non-hydrogen) atoms. The Hall–Kier alpha value is -0.210. The highest BCUT2D eigenvalue weighted by atomic mass is 35.5. The molecule has 0 radical (unpaired) electrons. The van der Waals surface area contributed by atoms with Gasteiger partial charge in [0.25, 0.3) is 0 Å². The Labute approximate surface area is 88.9 Å². The Kier molecular flexibility index (Phi) is 4.07. The van der Waals surface area contributed by atoms with Gasteiger partial charge < -0.3 is 0 Å². The third-order valence-corrected chi connectivity index (χ3v) is 2.91. The molecule has 1 rings (SSSR count). The van der Waals surface area contributed by atoms with E-state index in [1.165, 1.54) is 0 Å². The molecule has 0 saturated heterocycles. The summed E-state index contributed by atoms with van der Waals surface area (Å²) in [7, 11) is 0. The Bertz CT molecular complexity index is 286. The van der Waals surface area contributed by atoms with Crippen molar-refractivity contribution in [1.29, 1.82) is 0 Å². The third kappa shape index (κ3) is 3.20. The summed E-state index contributed by atoms with van der Waals surface area (Å²) >= 11 is 7.58. The van der Waals surface area contributed by atoms with Crippen molar-refractivity contribution in [3.05, 3.63) is 23.4 Å². The van der Waals surface area contributed by atoms with E-state index in [1.54, 1.807) is 11.8 Å². The van der Waals surface area contributed by atoms with Gasteiger partial charge in [0.1, 0.15) is 5.03 Å². The van der Waals surface area contributed by atoms with Crippen LogP contribution in [0.5, 0.6) is 0 Å². The Morgan fingerprint density at radius 2 is 2.15 bits per heavy atom. The molecule has 0 saturated carbocycles. The van der Waals surface area contributed by atoms with Crippen molar-refractivity contribution < 1.29 is 0 Å². The van der Waals surface area contributed by atoms with Gasteiger partial charge in [-0.2, -0.15) is 0 Å². The quantitative estimate of drug-likeness (QED) is 0.564. The second kappa shape index (κ2) is 4.87. The largest absolute Gasteiger partial charge is 0.246 e. The highest BCUT2D eigenvalue weighted by Crippen LogP contribution is 2.25. The summed E-state index contributed by atoms with van der Waals surface area (Å²) in [6, 6.07) is 4.06. The standard InChI is InChI=1S/C10H14ClNS/c1-7(2)13-10-9(6-11)5-4-8(3)12-10/h4-5,7H,6H2,1-3H3. The van der Waals surface area contributed by atoms with Crippen molar-refractivity contribution in [2.24, 2.45) is 0 Å². The normalized spacial score (nSPS) is 10.8. The number of aromatic nitrogens is 1. The van der Waals surface area contributed by atoms with Crippen LogP contribution >= 0.6 is 23.4 Å². The maximum absolute atomic E-state index is 5.81. The average molecular weight is 216 g/mol. The fourth-order valence-corrected chi connectivity index (χ4v) is 2.22. The first-order valence-corrected chi connectivity index (χ1v) is 5.74. The van der Waals surface area contributed by atoms with Crippen LogP contribution in [-0.4, -0.2) is 10.2 Å². The maximum atomic E-state index is 5.81. The molecule has 0 aliphatic heterocycles. The lowest BCUT2D eigenvalue weighted by Gasteiger charge is -2.08. The SMILES string of the molecule is Cc1ccc(CCl)c(SC(C)C)n1. The van der Waals surface area contributed by atoms with Gasteiger partial charge in [0.05, 0.1) is 5.88 Å². The predicted octanol–water partition coefficient (Wildman–Crippen LogP) is 3.63. The number of aryl methyl sites for hydroxylation is 1. The monoisotopic (exact) mass is 215 g/mol. The average Bonchev–Trinajstić information content (AvgIpc) is 2.03. The second-order valence-corrected chi connectivity index (χ2v) is 5.05. The number of pyridine rings is 1. The molecule has 3 heteroatoms. The predicted molar refractivity (Wildman–Crippen MR) is 59.5 cm³/mol. The van der Waals surface area contributed by atoms with E-state index in [4.69, 9.17) is 11.6 Å². The zero-order chi connectivity index (χ0) is 9.84. The van der Waals surface area contributed by atoms with Crippen LogP contribution in [0.4, 0.5) is 0 Å². The first-order chi connectivity index (χ1) is 6.13. The zero-order valence-electron chi connectivity index (χ0n) is 8.17. The lowest BCUT2D eigenvalue weighted by molar-refractivity contribution is 0.999. The topological polar surface area (TPSA) is 12.9 Å². The fourth-order valence-electron chi connectivity index (χ4n) is 0.989. The lowest BCUT2D eigenvalue weighted by atomic mass is 10.3. The van der Waals surface area contributed by atoms with E-state index in [0.717, 1.165) is 16.3 Å². The minimum atomic E-state index is 0.544. The zero-order valence-corrected chi connectivity index (χ0v) is 9.75. The van der Waals surface area contributed by atoms with E-state index >= 15 is 0 Å². The number of hydrogen-bond donors (Lipinski definition) is 0. The molecule has 0 amide bonds. The molecule has 1 aromatic rings. The van der Waals surface area contributed by atoms with Crippen LogP contribution in [0, 0.1) is 6.92 Å². The number of halogens is 1. The molecular formula is C10H14ClNS. The van der Waals surface area contributed by atoms with E-state index in [1.807, 2.05) is 13.0 Å². The summed E-state index contributed by atoms with van der Waals surface area (Å²) in [6.07, 6.45) is 0. The minimum Gasteiger partial charge on any atom is -0.246 e. The smallest absolute Gasteiger partial charge is 0.101 e. The summed E-state index contributed by atoms with van der Waals surface area (Å²) in [6.45, 7) is 6.32. The summed E-state index contributed by atoms with van der Waals surface area (Å²) in [5, 5.41) is 1.63. The van der Waals surface area contributed by atoms with Crippen molar-refractivity contribution in [1.82, 2.24) is 4.98 Å². The van der Waals surface area contributed by atoms with Crippen molar-refractivity contribution in [3.63, 3.8) is 0 Å². The number of nitrogens with zero attached hydrogens (tertiary/aromatic N) is 1. The first kappa shape index (κ1) is 10.9. The van der Waals surface area contributed by atoms with Crippen LogP contribution in [0.15, 0.2) is 17.2 Å². The number of hydrogen-bond acceptors (Lipinski definition) is 2. The van der Waals surface area contributed by atoms with Crippen molar-refractivity contribution in [2.75, 3.05) is 0 Å². The van der Waals surface area contributed by atoms with Gasteiger partial charge in [0.15, 0.2) is 0 Å². The molecule has 1 heterocycles. The van der Waals surface area contributed by atoms with Crippen LogP contribution < -0.4 is 0 Å².